The molecule has 0 aliphatic heterocycles. The summed E-state index contributed by atoms with van der Waals surface area (Å²) in [5.41, 5.74) is 1.48. The topological polar surface area (TPSA) is 107 Å². The fourth-order valence-corrected chi connectivity index (χ4v) is 3.77. The Hall–Kier alpha value is -3.77. The molecule has 0 amide bonds. The van der Waals surface area contributed by atoms with Crippen molar-refractivity contribution in [1.82, 2.24) is 10.3 Å². The van der Waals surface area contributed by atoms with E-state index in [2.05, 4.69) is 20.6 Å². The van der Waals surface area contributed by atoms with Crippen LogP contribution in [0.5, 0.6) is 0 Å². The lowest BCUT2D eigenvalue weighted by Crippen LogP contribution is -2.30. The van der Waals surface area contributed by atoms with Crippen LogP contribution in [0.4, 0.5) is 10.1 Å². The van der Waals surface area contributed by atoms with Gasteiger partial charge in [0, 0.05) is 24.6 Å². The third kappa shape index (κ3) is 5.15. The summed E-state index contributed by atoms with van der Waals surface area (Å²) in [5.74, 6) is -0.368. The van der Waals surface area contributed by atoms with Crippen molar-refractivity contribution in [3.63, 3.8) is 0 Å². The standard InChI is InChI=1S/C20H16FN5O2S/c21-16-2-1-3-19(12-16)29(27,28)18-6-4-15(5-7-18)13-24-20(25-14-22)26-17-8-10-23-11-9-17/h1-12H,13H2,(H2,23,24,25,26). The molecule has 0 bridgehead atoms. The van der Waals surface area contributed by atoms with Gasteiger partial charge in [-0.15, -0.1) is 4.99 Å². The normalized spacial score (nSPS) is 11.5. The van der Waals surface area contributed by atoms with Crippen molar-refractivity contribution >= 4 is 21.5 Å². The number of hydrogen-bond acceptors (Lipinski definition) is 5. The lowest BCUT2D eigenvalue weighted by Gasteiger charge is -2.11. The molecule has 3 rings (SSSR count). The number of guanidine groups is 1. The van der Waals surface area contributed by atoms with Gasteiger partial charge in [0.05, 0.1) is 9.79 Å². The molecule has 9 heteroatoms. The number of aliphatic imine (C=N–C) groups is 1. The number of nitriles is 1. The van der Waals surface area contributed by atoms with Crippen LogP contribution in [-0.4, -0.2) is 19.4 Å². The lowest BCUT2D eigenvalue weighted by atomic mass is 10.2. The molecule has 29 heavy (non-hydrogen) atoms. The highest BCUT2D eigenvalue weighted by atomic mass is 32.2. The molecule has 0 unspecified atom stereocenters. The van der Waals surface area contributed by atoms with E-state index in [1.165, 1.54) is 30.3 Å². The van der Waals surface area contributed by atoms with Crippen molar-refractivity contribution < 1.29 is 12.8 Å². The number of sulfone groups is 1. The number of hydrogen-bond donors (Lipinski definition) is 2. The van der Waals surface area contributed by atoms with E-state index in [1.807, 2.05) is 0 Å². The van der Waals surface area contributed by atoms with Gasteiger partial charge < -0.3 is 10.6 Å². The second-order valence-electron chi connectivity index (χ2n) is 5.88. The van der Waals surface area contributed by atoms with E-state index in [0.717, 1.165) is 11.6 Å². The zero-order valence-electron chi connectivity index (χ0n) is 15.1. The smallest absolute Gasteiger partial charge is 0.212 e. The van der Waals surface area contributed by atoms with Gasteiger partial charge in [-0.3, -0.25) is 4.98 Å². The van der Waals surface area contributed by atoms with Gasteiger partial charge in [-0.2, -0.15) is 5.26 Å². The first kappa shape index (κ1) is 20.0. The third-order valence-corrected chi connectivity index (χ3v) is 5.67. The fourth-order valence-electron chi connectivity index (χ4n) is 2.48. The summed E-state index contributed by atoms with van der Waals surface area (Å²) in [6.45, 7) is 0.304. The maximum atomic E-state index is 13.4. The molecule has 1 aromatic heterocycles. The Morgan fingerprint density at radius 1 is 1.07 bits per heavy atom. The Balaban J connectivity index is 1.70. The molecule has 0 aliphatic rings. The van der Waals surface area contributed by atoms with Crippen molar-refractivity contribution in [2.45, 2.75) is 16.3 Å². The first-order valence-electron chi connectivity index (χ1n) is 8.46. The quantitative estimate of drug-likeness (QED) is 0.381. The number of nitrogens with one attached hydrogen (secondary N) is 2. The highest BCUT2D eigenvalue weighted by molar-refractivity contribution is 7.91. The van der Waals surface area contributed by atoms with Crippen molar-refractivity contribution in [3.8, 4) is 6.19 Å². The van der Waals surface area contributed by atoms with Crippen molar-refractivity contribution in [1.29, 1.82) is 5.26 Å². The molecule has 2 aromatic carbocycles. The Morgan fingerprint density at radius 2 is 1.79 bits per heavy atom. The highest BCUT2D eigenvalue weighted by Crippen LogP contribution is 2.21. The summed E-state index contributed by atoms with van der Waals surface area (Å²) >= 11 is 0. The van der Waals surface area contributed by atoms with Crippen LogP contribution < -0.4 is 10.6 Å². The molecule has 0 spiro atoms. The Labute approximate surface area is 167 Å². The molecule has 146 valence electrons. The molecule has 0 aliphatic carbocycles. The minimum absolute atomic E-state index is 0.0627. The van der Waals surface area contributed by atoms with E-state index < -0.39 is 15.7 Å². The summed E-state index contributed by atoms with van der Waals surface area (Å²) in [7, 11) is -3.80. The van der Waals surface area contributed by atoms with Gasteiger partial charge in [0.25, 0.3) is 0 Å². The number of halogens is 1. The average molecular weight is 409 g/mol. The van der Waals surface area contributed by atoms with E-state index in [-0.39, 0.29) is 15.8 Å². The molecule has 1 heterocycles. The van der Waals surface area contributed by atoms with Crippen LogP contribution in [0.3, 0.4) is 0 Å². The van der Waals surface area contributed by atoms with Crippen LogP contribution in [0, 0.1) is 17.3 Å². The Morgan fingerprint density at radius 3 is 2.45 bits per heavy atom. The molecule has 3 aromatic rings. The van der Waals surface area contributed by atoms with E-state index >= 15 is 0 Å². The predicted octanol–water partition coefficient (Wildman–Crippen LogP) is 3.09. The van der Waals surface area contributed by atoms with Crippen LogP contribution in [0.25, 0.3) is 0 Å². The molecule has 0 saturated carbocycles. The molecular formula is C20H16FN5O2S. The van der Waals surface area contributed by atoms with Gasteiger partial charge in [0.2, 0.25) is 22.0 Å². The third-order valence-electron chi connectivity index (χ3n) is 3.90. The van der Waals surface area contributed by atoms with E-state index in [1.54, 1.807) is 42.9 Å². The Kier molecular flexibility index (Phi) is 6.16. The largest absolute Gasteiger partial charge is 0.351 e. The number of aromatic nitrogens is 1. The molecule has 2 N–H and O–H groups in total. The average Bonchev–Trinajstić information content (AvgIpc) is 2.73. The van der Waals surface area contributed by atoms with Crippen LogP contribution >= 0.6 is 0 Å². The highest BCUT2D eigenvalue weighted by Gasteiger charge is 2.18. The molecular weight excluding hydrogens is 393 g/mol. The maximum Gasteiger partial charge on any atom is 0.212 e. The number of benzene rings is 2. The van der Waals surface area contributed by atoms with Crippen LogP contribution in [-0.2, 0) is 16.4 Å². The van der Waals surface area contributed by atoms with E-state index in [0.29, 0.717) is 12.2 Å². The van der Waals surface area contributed by atoms with Crippen molar-refractivity contribution in [2.24, 2.45) is 4.99 Å². The lowest BCUT2D eigenvalue weighted by molar-refractivity contribution is 0.591. The van der Waals surface area contributed by atoms with Crippen LogP contribution in [0.2, 0.25) is 0 Å². The summed E-state index contributed by atoms with van der Waals surface area (Å²) in [6, 6.07) is 14.5. The maximum absolute atomic E-state index is 13.4. The number of pyridine rings is 1. The van der Waals surface area contributed by atoms with E-state index in [9.17, 15) is 12.8 Å². The minimum Gasteiger partial charge on any atom is -0.351 e. The van der Waals surface area contributed by atoms with Gasteiger partial charge in [0.1, 0.15) is 5.82 Å². The second-order valence-corrected chi connectivity index (χ2v) is 7.83. The zero-order chi connectivity index (χ0) is 20.7. The van der Waals surface area contributed by atoms with Crippen molar-refractivity contribution in [2.75, 3.05) is 5.32 Å². The van der Waals surface area contributed by atoms with Crippen LogP contribution in [0.1, 0.15) is 5.56 Å². The first-order chi connectivity index (χ1) is 14.0. The van der Waals surface area contributed by atoms with Crippen molar-refractivity contribution in [3.05, 3.63) is 84.4 Å². The van der Waals surface area contributed by atoms with Gasteiger partial charge >= 0.3 is 0 Å². The van der Waals surface area contributed by atoms with Gasteiger partial charge in [0.15, 0.2) is 0 Å². The minimum atomic E-state index is -3.80. The van der Waals surface area contributed by atoms with Gasteiger partial charge in [-0.05, 0) is 48.0 Å². The van der Waals surface area contributed by atoms with E-state index in [4.69, 9.17) is 5.26 Å². The predicted molar refractivity (Wildman–Crippen MR) is 106 cm³/mol. The molecule has 0 fully saturated rings. The van der Waals surface area contributed by atoms with Gasteiger partial charge in [-0.1, -0.05) is 18.2 Å². The molecule has 0 atom stereocenters. The van der Waals surface area contributed by atoms with Crippen LogP contribution in [0.15, 0.2) is 87.8 Å². The summed E-state index contributed by atoms with van der Waals surface area (Å²) in [5, 5.41) is 14.8. The number of anilines is 1. The van der Waals surface area contributed by atoms with Gasteiger partial charge in [-0.25, -0.2) is 12.8 Å². The molecule has 0 saturated heterocycles. The molecule has 0 radical (unpaired) electrons. The first-order valence-corrected chi connectivity index (χ1v) is 9.94. The second kappa shape index (κ2) is 8.95. The monoisotopic (exact) mass is 409 g/mol. The fraction of sp³-hybridized carbons (Fsp3) is 0.0500. The summed E-state index contributed by atoms with van der Waals surface area (Å²) in [6.07, 6.45) is 4.92. The zero-order valence-corrected chi connectivity index (χ0v) is 15.9. The SMILES string of the molecule is N#CN=C(NCc1ccc(S(=O)(=O)c2cccc(F)c2)cc1)Nc1ccncc1. The number of rotatable bonds is 5. The Bertz CT molecular complexity index is 1160. The number of nitrogens with zero attached hydrogens (tertiary/aromatic N) is 3. The summed E-state index contributed by atoms with van der Waals surface area (Å²) in [4.78, 5) is 7.56. The molecule has 7 nitrogen and oxygen atoms in total. The summed E-state index contributed by atoms with van der Waals surface area (Å²) < 4.78 is 38.6.